The zero-order chi connectivity index (χ0) is 17.2. The highest BCUT2D eigenvalue weighted by Gasteiger charge is 2.15. The van der Waals surface area contributed by atoms with Gasteiger partial charge in [-0.25, -0.2) is 4.79 Å². The third kappa shape index (κ3) is 16.1. The highest BCUT2D eigenvalue weighted by atomic mass is 16.5. The summed E-state index contributed by atoms with van der Waals surface area (Å²) < 4.78 is 5.16. The van der Waals surface area contributed by atoms with Crippen LogP contribution in [0, 0.1) is 0 Å². The number of carbonyl (C=O) groups excluding carboxylic acids is 1. The topological polar surface area (TPSA) is 46.5 Å². The summed E-state index contributed by atoms with van der Waals surface area (Å²) in [5.74, 6) is -0.429. The predicted octanol–water partition coefficient (Wildman–Crippen LogP) is 5.78. The number of rotatable bonds is 17. The van der Waals surface area contributed by atoms with Crippen molar-refractivity contribution in [2.45, 2.75) is 116 Å². The van der Waals surface area contributed by atoms with Gasteiger partial charge in [0, 0.05) is 0 Å². The largest absolute Gasteiger partial charge is 0.464 e. The van der Waals surface area contributed by atoms with Crippen LogP contribution in [0.4, 0.5) is 0 Å². The third-order valence-electron chi connectivity index (χ3n) is 4.35. The summed E-state index contributed by atoms with van der Waals surface area (Å²) in [5.41, 5.74) is 0. The molecule has 0 aromatic rings. The molecule has 0 saturated carbocycles. The SMILES string of the molecule is CCCCCCCCCCOC(=O)[C@@H](O)CCCCCCCC. The Hall–Kier alpha value is -0.570. The summed E-state index contributed by atoms with van der Waals surface area (Å²) in [6, 6.07) is 0. The lowest BCUT2D eigenvalue weighted by Crippen LogP contribution is -2.23. The lowest BCUT2D eigenvalue weighted by atomic mass is 10.1. The van der Waals surface area contributed by atoms with Gasteiger partial charge in [0.2, 0.25) is 0 Å². The van der Waals surface area contributed by atoms with E-state index in [1.807, 2.05) is 0 Å². The van der Waals surface area contributed by atoms with E-state index in [2.05, 4.69) is 13.8 Å². The third-order valence-corrected chi connectivity index (χ3v) is 4.35. The van der Waals surface area contributed by atoms with E-state index in [9.17, 15) is 9.90 Å². The van der Waals surface area contributed by atoms with Crippen molar-refractivity contribution < 1.29 is 14.6 Å². The first kappa shape index (κ1) is 22.4. The van der Waals surface area contributed by atoms with Gasteiger partial charge >= 0.3 is 5.97 Å². The lowest BCUT2D eigenvalue weighted by Gasteiger charge is -2.10. The van der Waals surface area contributed by atoms with Crippen LogP contribution in [0.3, 0.4) is 0 Å². The summed E-state index contributed by atoms with van der Waals surface area (Å²) in [7, 11) is 0. The van der Waals surface area contributed by atoms with Crippen molar-refractivity contribution in [1.82, 2.24) is 0 Å². The zero-order valence-electron chi connectivity index (χ0n) is 15.7. The Morgan fingerprint density at radius 1 is 0.739 bits per heavy atom. The monoisotopic (exact) mass is 328 g/mol. The maximum atomic E-state index is 11.6. The first-order valence-corrected chi connectivity index (χ1v) is 10.1. The molecule has 3 nitrogen and oxygen atoms in total. The van der Waals surface area contributed by atoms with Gasteiger partial charge in [0.1, 0.15) is 0 Å². The molecule has 0 saturated heterocycles. The van der Waals surface area contributed by atoms with Crippen LogP contribution < -0.4 is 0 Å². The van der Waals surface area contributed by atoms with E-state index in [1.54, 1.807) is 0 Å². The van der Waals surface area contributed by atoms with E-state index >= 15 is 0 Å². The van der Waals surface area contributed by atoms with Gasteiger partial charge in [-0.2, -0.15) is 0 Å². The predicted molar refractivity (Wildman–Crippen MR) is 97.6 cm³/mol. The molecule has 0 aromatic carbocycles. The van der Waals surface area contributed by atoms with Crippen molar-refractivity contribution in [2.24, 2.45) is 0 Å². The molecule has 0 aliphatic heterocycles. The minimum absolute atomic E-state index is 0.429. The van der Waals surface area contributed by atoms with Crippen molar-refractivity contribution in [3.63, 3.8) is 0 Å². The molecule has 0 amide bonds. The molecule has 0 bridgehead atoms. The second-order valence-electron chi connectivity index (χ2n) is 6.71. The number of hydrogen-bond donors (Lipinski definition) is 1. The fourth-order valence-corrected chi connectivity index (χ4v) is 2.74. The second kappa shape index (κ2) is 17.8. The van der Waals surface area contributed by atoms with Crippen molar-refractivity contribution in [3.05, 3.63) is 0 Å². The fraction of sp³-hybridized carbons (Fsp3) is 0.950. The Morgan fingerprint density at radius 2 is 1.17 bits per heavy atom. The van der Waals surface area contributed by atoms with Crippen LogP contribution in [0.15, 0.2) is 0 Å². The Morgan fingerprint density at radius 3 is 1.70 bits per heavy atom. The number of aliphatic hydroxyl groups is 1. The van der Waals surface area contributed by atoms with Gasteiger partial charge in [0.15, 0.2) is 6.10 Å². The lowest BCUT2D eigenvalue weighted by molar-refractivity contribution is -0.154. The molecule has 1 atom stereocenters. The first-order chi connectivity index (χ1) is 11.2. The van der Waals surface area contributed by atoms with Crippen molar-refractivity contribution in [1.29, 1.82) is 0 Å². The minimum atomic E-state index is -0.921. The standard InChI is InChI=1S/C20H40O3/c1-3-5-7-9-11-12-14-16-18-23-20(22)19(21)17-15-13-10-8-6-4-2/h19,21H,3-18H2,1-2H3/t19-/m0/s1. The number of aliphatic hydroxyl groups excluding tert-OH is 1. The van der Waals surface area contributed by atoms with Gasteiger partial charge in [-0.3, -0.25) is 0 Å². The minimum Gasteiger partial charge on any atom is -0.464 e. The maximum Gasteiger partial charge on any atom is 0.334 e. The smallest absolute Gasteiger partial charge is 0.334 e. The van der Waals surface area contributed by atoms with Gasteiger partial charge in [-0.1, -0.05) is 97.3 Å². The molecule has 138 valence electrons. The highest BCUT2D eigenvalue weighted by Crippen LogP contribution is 2.11. The van der Waals surface area contributed by atoms with E-state index in [4.69, 9.17) is 4.74 Å². The molecular formula is C20H40O3. The fourth-order valence-electron chi connectivity index (χ4n) is 2.74. The maximum absolute atomic E-state index is 11.6. The van der Waals surface area contributed by atoms with Gasteiger partial charge < -0.3 is 9.84 Å². The Bertz CT molecular complexity index is 253. The summed E-state index contributed by atoms with van der Waals surface area (Å²) in [4.78, 5) is 11.6. The quantitative estimate of drug-likeness (QED) is 0.272. The number of ether oxygens (including phenoxy) is 1. The van der Waals surface area contributed by atoms with Crippen LogP contribution in [-0.2, 0) is 9.53 Å². The first-order valence-electron chi connectivity index (χ1n) is 10.1. The molecule has 3 heteroatoms. The molecule has 0 aromatic heterocycles. The van der Waals surface area contributed by atoms with Crippen LogP contribution in [0.5, 0.6) is 0 Å². The number of hydrogen-bond acceptors (Lipinski definition) is 3. The highest BCUT2D eigenvalue weighted by molar-refractivity contribution is 5.74. The number of unbranched alkanes of at least 4 members (excludes halogenated alkanes) is 12. The molecule has 23 heavy (non-hydrogen) atoms. The molecule has 0 heterocycles. The van der Waals surface area contributed by atoms with E-state index in [0.717, 1.165) is 25.7 Å². The van der Waals surface area contributed by atoms with E-state index in [1.165, 1.54) is 64.2 Å². The molecule has 0 spiro atoms. The Kier molecular flexibility index (Phi) is 17.3. The average molecular weight is 329 g/mol. The van der Waals surface area contributed by atoms with E-state index < -0.39 is 12.1 Å². The van der Waals surface area contributed by atoms with Gasteiger partial charge in [0.25, 0.3) is 0 Å². The summed E-state index contributed by atoms with van der Waals surface area (Å²) in [6.07, 6.45) is 16.5. The Balaban J connectivity index is 3.33. The number of carbonyl (C=O) groups is 1. The van der Waals surface area contributed by atoms with Gasteiger partial charge in [-0.15, -0.1) is 0 Å². The van der Waals surface area contributed by atoms with Crippen LogP contribution in [0.25, 0.3) is 0 Å². The van der Waals surface area contributed by atoms with Crippen molar-refractivity contribution >= 4 is 5.97 Å². The number of esters is 1. The summed E-state index contributed by atoms with van der Waals surface area (Å²) in [5, 5.41) is 9.77. The molecule has 0 rings (SSSR count). The molecular weight excluding hydrogens is 288 g/mol. The summed E-state index contributed by atoms with van der Waals surface area (Å²) >= 11 is 0. The van der Waals surface area contributed by atoms with Crippen LogP contribution >= 0.6 is 0 Å². The van der Waals surface area contributed by atoms with E-state index in [-0.39, 0.29) is 0 Å². The molecule has 0 aliphatic carbocycles. The van der Waals surface area contributed by atoms with E-state index in [0.29, 0.717) is 13.0 Å². The average Bonchev–Trinajstić information content (AvgIpc) is 2.56. The molecule has 0 unspecified atom stereocenters. The van der Waals surface area contributed by atoms with Crippen LogP contribution in [-0.4, -0.2) is 23.8 Å². The Labute approximate surface area is 144 Å². The van der Waals surface area contributed by atoms with Gasteiger partial charge in [-0.05, 0) is 12.8 Å². The van der Waals surface area contributed by atoms with Crippen LogP contribution in [0.2, 0.25) is 0 Å². The van der Waals surface area contributed by atoms with Crippen molar-refractivity contribution in [2.75, 3.05) is 6.61 Å². The van der Waals surface area contributed by atoms with Crippen molar-refractivity contribution in [3.8, 4) is 0 Å². The molecule has 0 aliphatic rings. The second-order valence-corrected chi connectivity index (χ2v) is 6.71. The normalized spacial score (nSPS) is 12.3. The van der Waals surface area contributed by atoms with Crippen LogP contribution in [0.1, 0.15) is 110 Å². The zero-order valence-corrected chi connectivity index (χ0v) is 15.7. The molecule has 0 radical (unpaired) electrons. The molecule has 0 fully saturated rings. The summed E-state index contributed by atoms with van der Waals surface area (Å²) in [6.45, 7) is 4.89. The molecule has 1 N–H and O–H groups in total. The van der Waals surface area contributed by atoms with Gasteiger partial charge in [0.05, 0.1) is 6.61 Å².